The Morgan fingerprint density at radius 3 is 2.18 bits per heavy atom. The van der Waals surface area contributed by atoms with Gasteiger partial charge in [0.05, 0.1) is 11.0 Å². The van der Waals surface area contributed by atoms with Gasteiger partial charge in [-0.25, -0.2) is 0 Å². The fourth-order valence-corrected chi connectivity index (χ4v) is 5.47. The van der Waals surface area contributed by atoms with Gasteiger partial charge in [-0.3, -0.25) is 19.7 Å². The van der Waals surface area contributed by atoms with Crippen molar-refractivity contribution < 1.29 is 14.5 Å². The fourth-order valence-electron chi connectivity index (χ4n) is 2.87. The van der Waals surface area contributed by atoms with Crippen LogP contribution in [-0.4, -0.2) is 28.1 Å². The summed E-state index contributed by atoms with van der Waals surface area (Å²) >= 11 is 3.19. The molecule has 1 saturated heterocycles. The van der Waals surface area contributed by atoms with Crippen LogP contribution in [0, 0.1) is 10.1 Å². The molecule has 1 amide bonds. The molecule has 2 aromatic carbocycles. The Balaban J connectivity index is 2.09. The van der Waals surface area contributed by atoms with Crippen LogP contribution in [0.5, 0.6) is 0 Å². The summed E-state index contributed by atoms with van der Waals surface area (Å²) in [6.07, 6.45) is 0. The predicted octanol–water partition coefficient (Wildman–Crippen LogP) is 4.35. The van der Waals surface area contributed by atoms with Crippen LogP contribution in [0.1, 0.15) is 28.9 Å². The van der Waals surface area contributed by atoms with Crippen LogP contribution >= 0.6 is 23.5 Å². The normalized spacial score (nSPS) is 14.4. The van der Waals surface area contributed by atoms with Crippen molar-refractivity contribution in [2.45, 2.75) is 13.0 Å². The molecule has 6 nitrogen and oxygen atoms in total. The second kappa shape index (κ2) is 9.07. The van der Waals surface area contributed by atoms with Gasteiger partial charge in [0.15, 0.2) is 5.78 Å². The van der Waals surface area contributed by atoms with Crippen molar-refractivity contribution in [3.05, 3.63) is 85.6 Å². The average molecular weight is 415 g/mol. The van der Waals surface area contributed by atoms with E-state index in [-0.39, 0.29) is 17.4 Å². The lowest BCUT2D eigenvalue weighted by Gasteiger charge is -2.23. The largest absolute Gasteiger partial charge is 0.345 e. The standard InChI is InChI=1S/C20H18N2O4S2/c1-13(23)21-18(14-7-9-16(10-8-14)22(25)26)17(20-27-11-12-28-20)19(24)15-5-3-2-4-6-15/h2-10,18H,11-12H2,1H3,(H,21,23). The van der Waals surface area contributed by atoms with E-state index in [1.54, 1.807) is 59.9 Å². The first-order chi connectivity index (χ1) is 13.5. The van der Waals surface area contributed by atoms with Crippen molar-refractivity contribution in [3.63, 3.8) is 0 Å². The van der Waals surface area contributed by atoms with Crippen LogP contribution in [0.2, 0.25) is 0 Å². The van der Waals surface area contributed by atoms with Gasteiger partial charge >= 0.3 is 0 Å². The summed E-state index contributed by atoms with van der Waals surface area (Å²) in [6, 6.07) is 14.2. The molecule has 1 aliphatic rings. The van der Waals surface area contributed by atoms with E-state index in [2.05, 4.69) is 5.32 Å². The molecule has 0 saturated carbocycles. The maximum atomic E-state index is 13.4. The number of thioether (sulfide) groups is 2. The lowest BCUT2D eigenvalue weighted by molar-refractivity contribution is -0.384. The molecule has 0 bridgehead atoms. The summed E-state index contributed by atoms with van der Waals surface area (Å²) in [5, 5.41) is 13.8. The van der Waals surface area contributed by atoms with Gasteiger partial charge in [-0.05, 0) is 17.7 Å². The molecule has 144 valence electrons. The highest BCUT2D eigenvalue weighted by Crippen LogP contribution is 2.43. The first-order valence-corrected chi connectivity index (χ1v) is 10.6. The maximum absolute atomic E-state index is 13.4. The highest BCUT2D eigenvalue weighted by atomic mass is 32.2. The highest BCUT2D eigenvalue weighted by molar-refractivity contribution is 8.25. The monoisotopic (exact) mass is 414 g/mol. The van der Waals surface area contributed by atoms with Crippen LogP contribution in [0.4, 0.5) is 5.69 Å². The van der Waals surface area contributed by atoms with E-state index in [4.69, 9.17) is 0 Å². The summed E-state index contributed by atoms with van der Waals surface area (Å²) in [7, 11) is 0. The topological polar surface area (TPSA) is 89.3 Å². The number of nitro groups is 1. The molecule has 1 aliphatic heterocycles. The van der Waals surface area contributed by atoms with Crippen molar-refractivity contribution in [1.29, 1.82) is 0 Å². The minimum atomic E-state index is -0.681. The number of hydrogen-bond donors (Lipinski definition) is 1. The SMILES string of the molecule is CC(=O)NC(C(C(=O)c1ccccc1)=C1SCCS1)c1ccc([N+](=O)[O-])cc1. The first kappa shape index (κ1) is 20.2. The van der Waals surface area contributed by atoms with Crippen molar-refractivity contribution in [2.24, 2.45) is 0 Å². The maximum Gasteiger partial charge on any atom is 0.269 e. The van der Waals surface area contributed by atoms with Crippen LogP contribution < -0.4 is 5.32 Å². The Bertz CT molecular complexity index is 919. The Kier molecular flexibility index (Phi) is 6.53. The Hall–Kier alpha value is -2.58. The zero-order valence-corrected chi connectivity index (χ0v) is 16.7. The van der Waals surface area contributed by atoms with E-state index in [0.29, 0.717) is 16.7 Å². The van der Waals surface area contributed by atoms with Crippen LogP contribution in [0.25, 0.3) is 0 Å². The molecule has 0 spiro atoms. The number of carbonyl (C=O) groups is 2. The molecule has 1 heterocycles. The molecule has 1 fully saturated rings. The van der Waals surface area contributed by atoms with Gasteiger partial charge in [0.25, 0.3) is 5.69 Å². The van der Waals surface area contributed by atoms with E-state index < -0.39 is 11.0 Å². The number of nitrogens with one attached hydrogen (secondary N) is 1. The summed E-state index contributed by atoms with van der Waals surface area (Å²) < 4.78 is 0.881. The smallest absolute Gasteiger partial charge is 0.269 e. The zero-order chi connectivity index (χ0) is 20.1. The van der Waals surface area contributed by atoms with Crippen LogP contribution in [-0.2, 0) is 4.79 Å². The minimum absolute atomic E-state index is 0.0430. The third-order valence-corrected chi connectivity index (χ3v) is 6.87. The Morgan fingerprint density at radius 1 is 1.04 bits per heavy atom. The molecule has 1 N–H and O–H groups in total. The Labute approximate surface area is 170 Å². The molecule has 8 heteroatoms. The molecule has 1 unspecified atom stereocenters. The number of nitro benzene ring substituents is 1. The van der Waals surface area contributed by atoms with Crippen molar-refractivity contribution in [3.8, 4) is 0 Å². The summed E-state index contributed by atoms with van der Waals surface area (Å²) in [4.78, 5) is 35.8. The van der Waals surface area contributed by atoms with Gasteiger partial charge < -0.3 is 5.32 Å². The number of ketones is 1. The second-order valence-corrected chi connectivity index (χ2v) is 8.54. The van der Waals surface area contributed by atoms with Gasteiger partial charge in [0.1, 0.15) is 0 Å². The van der Waals surface area contributed by atoms with Crippen molar-refractivity contribution >= 4 is 40.9 Å². The van der Waals surface area contributed by atoms with Crippen LogP contribution in [0.3, 0.4) is 0 Å². The highest BCUT2D eigenvalue weighted by Gasteiger charge is 2.30. The molecular formula is C20H18N2O4S2. The zero-order valence-electron chi connectivity index (χ0n) is 15.1. The third-order valence-electron chi connectivity index (χ3n) is 4.12. The molecule has 28 heavy (non-hydrogen) atoms. The van der Waals surface area contributed by atoms with E-state index in [1.807, 2.05) is 6.07 Å². The lowest BCUT2D eigenvalue weighted by Crippen LogP contribution is -2.30. The van der Waals surface area contributed by atoms with E-state index >= 15 is 0 Å². The van der Waals surface area contributed by atoms with Crippen molar-refractivity contribution in [2.75, 3.05) is 11.5 Å². The molecule has 1 atom stereocenters. The van der Waals surface area contributed by atoms with Gasteiger partial charge in [0.2, 0.25) is 5.91 Å². The van der Waals surface area contributed by atoms with E-state index in [0.717, 1.165) is 15.7 Å². The second-order valence-electron chi connectivity index (χ2n) is 6.08. The van der Waals surface area contributed by atoms with Gasteiger partial charge in [-0.2, -0.15) is 0 Å². The number of rotatable bonds is 6. The lowest BCUT2D eigenvalue weighted by atomic mass is 9.93. The fraction of sp³-hybridized carbons (Fsp3) is 0.200. The molecular weight excluding hydrogens is 396 g/mol. The molecule has 0 aromatic heterocycles. The third kappa shape index (κ3) is 4.63. The van der Waals surface area contributed by atoms with Gasteiger partial charge in [-0.15, -0.1) is 23.5 Å². The summed E-state index contributed by atoms with van der Waals surface area (Å²) in [6.45, 7) is 1.39. The van der Waals surface area contributed by atoms with Gasteiger partial charge in [-0.1, -0.05) is 30.3 Å². The number of nitrogens with zero attached hydrogens (tertiary/aromatic N) is 1. The molecule has 3 rings (SSSR count). The number of benzene rings is 2. The predicted molar refractivity (Wildman–Crippen MR) is 112 cm³/mol. The average Bonchev–Trinajstić information content (AvgIpc) is 3.22. The van der Waals surface area contributed by atoms with Gasteiger partial charge in [0, 0.05) is 45.9 Å². The molecule has 2 aromatic rings. The van der Waals surface area contributed by atoms with Crippen LogP contribution in [0.15, 0.2) is 64.4 Å². The van der Waals surface area contributed by atoms with E-state index in [9.17, 15) is 19.7 Å². The number of amides is 1. The number of non-ortho nitro benzene ring substituents is 1. The minimum Gasteiger partial charge on any atom is -0.345 e. The summed E-state index contributed by atoms with van der Waals surface area (Å²) in [5.74, 6) is 1.34. The molecule has 0 aliphatic carbocycles. The number of carbonyl (C=O) groups excluding carboxylic acids is 2. The summed E-state index contributed by atoms with van der Waals surface area (Å²) in [5.41, 5.74) is 1.62. The van der Waals surface area contributed by atoms with Crippen molar-refractivity contribution in [1.82, 2.24) is 5.32 Å². The van der Waals surface area contributed by atoms with E-state index in [1.165, 1.54) is 19.1 Å². The number of Topliss-reactive ketones (excluding diaryl/α,β-unsaturated/α-hetero) is 1. The number of hydrogen-bond acceptors (Lipinski definition) is 6. The quantitative estimate of drug-likeness (QED) is 0.327. The first-order valence-electron chi connectivity index (χ1n) is 8.58. The Morgan fingerprint density at radius 2 is 1.64 bits per heavy atom. The molecule has 0 radical (unpaired) electrons.